The van der Waals surface area contributed by atoms with E-state index in [1.165, 1.54) is 6.92 Å². The zero-order valence-corrected chi connectivity index (χ0v) is 12.1. The van der Waals surface area contributed by atoms with Gasteiger partial charge in [0.25, 0.3) is 0 Å². The van der Waals surface area contributed by atoms with Crippen molar-refractivity contribution in [2.45, 2.75) is 19.4 Å². The lowest BCUT2D eigenvalue weighted by Gasteiger charge is -2.19. The number of rotatable bonds is 4. The van der Waals surface area contributed by atoms with Crippen molar-refractivity contribution in [3.63, 3.8) is 0 Å². The molecule has 0 aliphatic rings. The molecule has 0 aliphatic heterocycles. The average Bonchev–Trinajstić information content (AvgIpc) is 2.86. The molecule has 22 heavy (non-hydrogen) atoms. The van der Waals surface area contributed by atoms with E-state index in [0.717, 1.165) is 10.8 Å². The van der Waals surface area contributed by atoms with Crippen LogP contribution in [0.25, 0.3) is 16.4 Å². The van der Waals surface area contributed by atoms with Gasteiger partial charge in [0, 0.05) is 10.8 Å². The third kappa shape index (κ3) is 2.23. The van der Waals surface area contributed by atoms with Crippen molar-refractivity contribution in [1.82, 2.24) is 19.8 Å². The van der Waals surface area contributed by atoms with Gasteiger partial charge in [0.15, 0.2) is 22.9 Å². The highest BCUT2D eigenvalue weighted by Crippen LogP contribution is 2.25. The summed E-state index contributed by atoms with van der Waals surface area (Å²) in [6, 6.07) is 7.47. The number of aliphatic hydroxyl groups is 1. The minimum Gasteiger partial charge on any atom is -0.479 e. The molecule has 0 bridgehead atoms. The van der Waals surface area contributed by atoms with Gasteiger partial charge in [-0.25, -0.2) is 4.79 Å². The Morgan fingerprint density at radius 1 is 1.32 bits per heavy atom. The Labute approximate surface area is 125 Å². The van der Waals surface area contributed by atoms with Gasteiger partial charge in [0.1, 0.15) is 0 Å². The van der Waals surface area contributed by atoms with Gasteiger partial charge in [-0.3, -0.25) is 0 Å². The van der Waals surface area contributed by atoms with Gasteiger partial charge in [0.05, 0.1) is 6.54 Å². The molecule has 3 aromatic rings. The molecule has 1 unspecified atom stereocenters. The molecule has 8 nitrogen and oxygen atoms in total. The molecule has 0 radical (unpaired) electrons. The number of carbonyl (C=O) groups is 1. The lowest BCUT2D eigenvalue weighted by Crippen LogP contribution is -2.42. The second-order valence-corrected chi connectivity index (χ2v) is 5.31. The number of hydrogen-bond donors (Lipinski definition) is 3. The highest BCUT2D eigenvalue weighted by Gasteiger charge is 2.30. The van der Waals surface area contributed by atoms with Crippen LogP contribution in [-0.2, 0) is 4.79 Å². The first kappa shape index (κ1) is 14.2. The fourth-order valence-electron chi connectivity index (χ4n) is 2.15. The molecule has 0 saturated heterocycles. The third-order valence-electron chi connectivity index (χ3n) is 3.48. The molecule has 0 spiro atoms. The maximum atomic E-state index is 11.0. The van der Waals surface area contributed by atoms with Crippen molar-refractivity contribution >= 4 is 28.2 Å². The molecule has 0 saturated carbocycles. The van der Waals surface area contributed by atoms with Crippen LogP contribution in [0.2, 0.25) is 0 Å². The van der Waals surface area contributed by atoms with Crippen LogP contribution in [0, 0.1) is 6.92 Å². The Hall–Kier alpha value is -2.74. The van der Waals surface area contributed by atoms with Gasteiger partial charge in [-0.2, -0.15) is 4.52 Å². The Morgan fingerprint density at radius 2 is 2.00 bits per heavy atom. The predicted molar refractivity (Wildman–Crippen MR) is 79.8 cm³/mol. The minimum absolute atomic E-state index is 0.175. The summed E-state index contributed by atoms with van der Waals surface area (Å²) in [5, 5.41) is 35.8. The van der Waals surface area contributed by atoms with Crippen LogP contribution in [0.3, 0.4) is 0 Å². The van der Waals surface area contributed by atoms with Gasteiger partial charge in [-0.05, 0) is 13.8 Å². The van der Waals surface area contributed by atoms with E-state index in [9.17, 15) is 9.90 Å². The maximum Gasteiger partial charge on any atom is 0.337 e. The Bertz CT molecular complexity index is 871. The van der Waals surface area contributed by atoms with E-state index in [2.05, 4.69) is 20.6 Å². The molecule has 1 aromatic carbocycles. The van der Waals surface area contributed by atoms with Crippen molar-refractivity contribution in [2.24, 2.45) is 0 Å². The van der Waals surface area contributed by atoms with E-state index >= 15 is 0 Å². The Balaban J connectivity index is 2.11. The predicted octanol–water partition coefficient (Wildman–Crippen LogP) is 0.833. The summed E-state index contributed by atoms with van der Waals surface area (Å²) >= 11 is 0. The number of nitrogens with one attached hydrogen (secondary N) is 1. The summed E-state index contributed by atoms with van der Waals surface area (Å²) in [7, 11) is 0. The molecule has 114 valence electrons. The van der Waals surface area contributed by atoms with Crippen molar-refractivity contribution < 1.29 is 15.0 Å². The number of aliphatic carboxylic acids is 1. The highest BCUT2D eigenvalue weighted by atomic mass is 16.4. The lowest BCUT2D eigenvalue weighted by atomic mass is 10.1. The number of nitrogens with zero attached hydrogens (tertiary/aromatic N) is 4. The van der Waals surface area contributed by atoms with E-state index in [4.69, 9.17) is 5.11 Å². The molecule has 0 fully saturated rings. The van der Waals surface area contributed by atoms with Crippen LogP contribution < -0.4 is 5.32 Å². The normalized spacial score (nSPS) is 14.1. The number of anilines is 1. The molecular formula is C14H15N5O3. The number of carboxylic acid groups (broad SMARTS) is 1. The fraction of sp³-hybridized carbons (Fsp3) is 0.286. The molecule has 8 heteroatoms. The smallest absolute Gasteiger partial charge is 0.337 e. The van der Waals surface area contributed by atoms with Gasteiger partial charge in [-0.1, -0.05) is 24.3 Å². The molecule has 2 heterocycles. The summed E-state index contributed by atoms with van der Waals surface area (Å²) in [5.41, 5.74) is -1.26. The van der Waals surface area contributed by atoms with Gasteiger partial charge < -0.3 is 15.5 Å². The van der Waals surface area contributed by atoms with E-state index in [1.54, 1.807) is 11.4 Å². The lowest BCUT2D eigenvalue weighted by molar-refractivity contribution is -0.155. The Morgan fingerprint density at radius 3 is 2.68 bits per heavy atom. The second kappa shape index (κ2) is 4.92. The first-order valence-electron chi connectivity index (χ1n) is 6.70. The highest BCUT2D eigenvalue weighted by molar-refractivity contribution is 6.00. The standard InChI is InChI=1S/C14H15N5O3/c1-8-16-17-12-10-6-4-3-5-9(10)11(18-19(8)12)15-7-14(2,22)13(20)21/h3-6,22H,7H2,1-2H3,(H,15,18)(H,20,21). The minimum atomic E-state index is -1.89. The number of aryl methyl sites for hydroxylation is 1. The average molecular weight is 301 g/mol. The van der Waals surface area contributed by atoms with Crippen LogP contribution in [0.5, 0.6) is 0 Å². The van der Waals surface area contributed by atoms with Crippen LogP contribution in [0.1, 0.15) is 12.7 Å². The first-order valence-corrected chi connectivity index (χ1v) is 6.70. The van der Waals surface area contributed by atoms with Crippen LogP contribution in [-0.4, -0.2) is 48.1 Å². The zero-order chi connectivity index (χ0) is 15.9. The summed E-state index contributed by atoms with van der Waals surface area (Å²) < 4.78 is 1.58. The van der Waals surface area contributed by atoms with E-state index in [0.29, 0.717) is 17.3 Å². The number of fused-ring (bicyclic) bond motifs is 3. The largest absolute Gasteiger partial charge is 0.479 e. The van der Waals surface area contributed by atoms with E-state index in [-0.39, 0.29) is 6.54 Å². The number of benzene rings is 1. The number of hydrogen-bond acceptors (Lipinski definition) is 6. The van der Waals surface area contributed by atoms with Crippen molar-refractivity contribution in [3.05, 3.63) is 30.1 Å². The van der Waals surface area contributed by atoms with Crippen molar-refractivity contribution in [3.8, 4) is 0 Å². The fourth-order valence-corrected chi connectivity index (χ4v) is 2.15. The SMILES string of the molecule is Cc1nnc2c3ccccc3c(NCC(C)(O)C(=O)O)nn12. The van der Waals surface area contributed by atoms with Crippen molar-refractivity contribution in [1.29, 1.82) is 0 Å². The third-order valence-corrected chi connectivity index (χ3v) is 3.48. The number of aromatic nitrogens is 4. The molecule has 1 atom stereocenters. The van der Waals surface area contributed by atoms with Gasteiger partial charge >= 0.3 is 5.97 Å². The second-order valence-electron chi connectivity index (χ2n) is 5.31. The molecule has 2 aromatic heterocycles. The summed E-state index contributed by atoms with van der Waals surface area (Å²) in [6.45, 7) is 2.83. The molecule has 3 N–H and O–H groups in total. The maximum absolute atomic E-state index is 11.0. The molecule has 0 amide bonds. The summed E-state index contributed by atoms with van der Waals surface area (Å²) in [6.07, 6.45) is 0. The van der Waals surface area contributed by atoms with Gasteiger partial charge in [-0.15, -0.1) is 15.3 Å². The van der Waals surface area contributed by atoms with E-state index < -0.39 is 11.6 Å². The quantitative estimate of drug-likeness (QED) is 0.654. The molecule has 3 rings (SSSR count). The summed E-state index contributed by atoms with van der Waals surface area (Å²) in [4.78, 5) is 11.0. The monoisotopic (exact) mass is 301 g/mol. The Kier molecular flexibility index (Phi) is 3.18. The first-order chi connectivity index (χ1) is 10.4. The molecule has 0 aliphatic carbocycles. The van der Waals surface area contributed by atoms with Crippen LogP contribution in [0.4, 0.5) is 5.82 Å². The van der Waals surface area contributed by atoms with Crippen LogP contribution in [0.15, 0.2) is 24.3 Å². The topological polar surface area (TPSA) is 113 Å². The zero-order valence-electron chi connectivity index (χ0n) is 12.1. The molecular weight excluding hydrogens is 286 g/mol. The summed E-state index contributed by atoms with van der Waals surface area (Å²) in [5.74, 6) is -0.216. The van der Waals surface area contributed by atoms with Crippen LogP contribution >= 0.6 is 0 Å². The van der Waals surface area contributed by atoms with Gasteiger partial charge in [0.2, 0.25) is 0 Å². The van der Waals surface area contributed by atoms with E-state index in [1.807, 2.05) is 24.3 Å². The van der Waals surface area contributed by atoms with Crippen molar-refractivity contribution in [2.75, 3.05) is 11.9 Å². The number of carboxylic acids is 1.